The van der Waals surface area contributed by atoms with Crippen LogP contribution < -0.4 is 5.73 Å². The third-order valence-electron chi connectivity index (χ3n) is 2.43. The van der Waals surface area contributed by atoms with E-state index in [4.69, 9.17) is 5.73 Å². The minimum absolute atomic E-state index is 0.595. The predicted molar refractivity (Wildman–Crippen MR) is 55.6 cm³/mol. The van der Waals surface area contributed by atoms with Gasteiger partial charge in [-0.25, -0.2) is 4.98 Å². The van der Waals surface area contributed by atoms with Crippen LogP contribution in [0.25, 0.3) is 0 Å². The molecule has 1 aromatic heterocycles. The fourth-order valence-electron chi connectivity index (χ4n) is 1.69. The van der Waals surface area contributed by atoms with Crippen molar-refractivity contribution in [2.75, 3.05) is 5.75 Å². The molecule has 1 unspecified atom stereocenters. The fraction of sp³-hybridized carbons (Fsp3) is 0.667. The van der Waals surface area contributed by atoms with Crippen LogP contribution in [-0.2, 0) is 13.1 Å². The van der Waals surface area contributed by atoms with Crippen molar-refractivity contribution < 1.29 is 0 Å². The van der Waals surface area contributed by atoms with Gasteiger partial charge in [0.15, 0.2) is 0 Å². The largest absolute Gasteiger partial charge is 0.332 e. The molecule has 1 aliphatic rings. The van der Waals surface area contributed by atoms with Crippen LogP contribution in [0, 0.1) is 0 Å². The van der Waals surface area contributed by atoms with E-state index in [0.29, 0.717) is 6.54 Å². The van der Waals surface area contributed by atoms with Crippen LogP contribution in [-0.4, -0.2) is 20.6 Å². The second kappa shape index (κ2) is 4.15. The molecule has 0 radical (unpaired) electrons. The Hall–Kier alpha value is -0.480. The Labute approximate surface area is 82.7 Å². The molecular formula is C9H15N3S. The first-order chi connectivity index (χ1) is 6.40. The molecule has 4 heteroatoms. The molecule has 0 bridgehead atoms. The number of imidazole rings is 1. The van der Waals surface area contributed by atoms with Gasteiger partial charge in [-0.2, -0.15) is 11.8 Å². The van der Waals surface area contributed by atoms with Gasteiger partial charge in [-0.3, -0.25) is 0 Å². The second-order valence-corrected chi connectivity index (χ2v) is 4.78. The highest BCUT2D eigenvalue weighted by Crippen LogP contribution is 2.27. The zero-order chi connectivity index (χ0) is 9.10. The van der Waals surface area contributed by atoms with Crippen molar-refractivity contribution in [3.63, 3.8) is 0 Å². The molecule has 1 saturated heterocycles. The molecule has 1 atom stereocenters. The smallest absolute Gasteiger partial charge is 0.0948 e. The Morgan fingerprint density at radius 3 is 3.31 bits per heavy atom. The van der Waals surface area contributed by atoms with Crippen molar-refractivity contribution in [2.45, 2.75) is 31.2 Å². The van der Waals surface area contributed by atoms with Crippen LogP contribution in [0.5, 0.6) is 0 Å². The number of nitrogens with zero attached hydrogens (tertiary/aromatic N) is 2. The molecule has 72 valence electrons. The molecular weight excluding hydrogens is 182 g/mol. The zero-order valence-corrected chi connectivity index (χ0v) is 8.46. The van der Waals surface area contributed by atoms with E-state index in [2.05, 4.69) is 21.3 Å². The Morgan fingerprint density at radius 2 is 2.62 bits per heavy atom. The van der Waals surface area contributed by atoms with Crippen LogP contribution in [0.15, 0.2) is 12.5 Å². The first-order valence-electron chi connectivity index (χ1n) is 4.71. The van der Waals surface area contributed by atoms with E-state index >= 15 is 0 Å². The molecule has 13 heavy (non-hydrogen) atoms. The van der Waals surface area contributed by atoms with Gasteiger partial charge in [0, 0.05) is 24.5 Å². The van der Waals surface area contributed by atoms with Gasteiger partial charge in [-0.15, -0.1) is 0 Å². The lowest BCUT2D eigenvalue weighted by molar-refractivity contribution is 0.615. The van der Waals surface area contributed by atoms with E-state index in [0.717, 1.165) is 17.5 Å². The van der Waals surface area contributed by atoms with Crippen LogP contribution in [0.2, 0.25) is 0 Å². The maximum absolute atomic E-state index is 5.60. The summed E-state index contributed by atoms with van der Waals surface area (Å²) >= 11 is 2.07. The molecule has 0 aliphatic carbocycles. The van der Waals surface area contributed by atoms with E-state index in [1.54, 1.807) is 0 Å². The average molecular weight is 197 g/mol. The first-order valence-corrected chi connectivity index (χ1v) is 5.75. The van der Waals surface area contributed by atoms with Crippen molar-refractivity contribution in [1.29, 1.82) is 0 Å². The minimum atomic E-state index is 0.595. The van der Waals surface area contributed by atoms with Gasteiger partial charge >= 0.3 is 0 Å². The van der Waals surface area contributed by atoms with Gasteiger partial charge < -0.3 is 10.3 Å². The van der Waals surface area contributed by atoms with Crippen molar-refractivity contribution in [3.8, 4) is 0 Å². The highest BCUT2D eigenvalue weighted by atomic mass is 32.2. The highest BCUT2D eigenvalue weighted by molar-refractivity contribution is 8.00. The molecule has 2 rings (SSSR count). The quantitative estimate of drug-likeness (QED) is 0.793. The Morgan fingerprint density at radius 1 is 1.69 bits per heavy atom. The number of aromatic nitrogens is 2. The van der Waals surface area contributed by atoms with Crippen molar-refractivity contribution >= 4 is 11.8 Å². The number of rotatable bonds is 3. The van der Waals surface area contributed by atoms with Crippen LogP contribution >= 0.6 is 11.8 Å². The van der Waals surface area contributed by atoms with Gasteiger partial charge in [-0.05, 0) is 18.6 Å². The van der Waals surface area contributed by atoms with E-state index in [1.807, 2.05) is 12.5 Å². The van der Waals surface area contributed by atoms with Crippen LogP contribution in [0.4, 0.5) is 0 Å². The lowest BCUT2D eigenvalue weighted by Crippen LogP contribution is -2.13. The van der Waals surface area contributed by atoms with Crippen LogP contribution in [0.3, 0.4) is 0 Å². The maximum atomic E-state index is 5.60. The van der Waals surface area contributed by atoms with Crippen LogP contribution in [0.1, 0.15) is 18.5 Å². The first kappa shape index (κ1) is 9.09. The molecule has 1 aliphatic heterocycles. The minimum Gasteiger partial charge on any atom is -0.332 e. The fourth-order valence-corrected chi connectivity index (χ4v) is 2.96. The Balaban J connectivity index is 1.99. The highest BCUT2D eigenvalue weighted by Gasteiger charge is 2.16. The summed E-state index contributed by atoms with van der Waals surface area (Å²) in [5, 5.41) is 0.777. The summed E-state index contributed by atoms with van der Waals surface area (Å²) in [6, 6.07) is 0. The van der Waals surface area contributed by atoms with Gasteiger partial charge in [0.05, 0.1) is 12.0 Å². The number of hydrogen-bond acceptors (Lipinski definition) is 3. The Bertz CT molecular complexity index is 266. The van der Waals surface area contributed by atoms with Crippen molar-refractivity contribution in [1.82, 2.24) is 9.55 Å². The van der Waals surface area contributed by atoms with Crippen molar-refractivity contribution in [2.24, 2.45) is 5.73 Å². The third-order valence-corrected chi connectivity index (χ3v) is 3.81. The molecule has 2 heterocycles. The summed E-state index contributed by atoms with van der Waals surface area (Å²) in [6.07, 6.45) is 6.45. The van der Waals surface area contributed by atoms with Gasteiger partial charge in [0.2, 0.25) is 0 Å². The summed E-state index contributed by atoms with van der Waals surface area (Å²) in [5.41, 5.74) is 6.75. The third kappa shape index (κ3) is 2.06. The lowest BCUT2D eigenvalue weighted by atomic mass is 10.2. The lowest BCUT2D eigenvalue weighted by Gasteiger charge is -2.11. The number of thioether (sulfide) groups is 1. The van der Waals surface area contributed by atoms with Gasteiger partial charge in [-0.1, -0.05) is 0 Å². The van der Waals surface area contributed by atoms with E-state index in [9.17, 15) is 0 Å². The number of nitrogens with two attached hydrogens (primary N) is 1. The summed E-state index contributed by atoms with van der Waals surface area (Å²) in [7, 11) is 0. The normalized spacial score (nSPS) is 22.4. The van der Waals surface area contributed by atoms with E-state index in [1.165, 1.54) is 18.6 Å². The molecule has 1 fully saturated rings. The van der Waals surface area contributed by atoms with Crippen molar-refractivity contribution in [3.05, 3.63) is 18.2 Å². The maximum Gasteiger partial charge on any atom is 0.0948 e. The standard InChI is InChI=1S/C9H15N3S/c10-4-8-5-11-7-12(8)6-9-2-1-3-13-9/h5,7,9H,1-4,6,10H2. The zero-order valence-electron chi connectivity index (χ0n) is 7.65. The summed E-state index contributed by atoms with van der Waals surface area (Å²) in [4.78, 5) is 4.11. The molecule has 0 saturated carbocycles. The molecule has 0 spiro atoms. The monoisotopic (exact) mass is 197 g/mol. The molecule has 3 nitrogen and oxygen atoms in total. The molecule has 0 aromatic carbocycles. The van der Waals surface area contributed by atoms with E-state index in [-0.39, 0.29) is 0 Å². The van der Waals surface area contributed by atoms with E-state index < -0.39 is 0 Å². The Kier molecular flexibility index (Phi) is 2.90. The summed E-state index contributed by atoms with van der Waals surface area (Å²) < 4.78 is 2.18. The summed E-state index contributed by atoms with van der Waals surface area (Å²) in [6.45, 7) is 1.68. The SMILES string of the molecule is NCc1cncn1CC1CCCS1. The predicted octanol–water partition coefficient (Wildman–Crippen LogP) is 1.24. The molecule has 0 amide bonds. The average Bonchev–Trinajstić information content (AvgIpc) is 2.76. The topological polar surface area (TPSA) is 43.8 Å². The summed E-state index contributed by atoms with van der Waals surface area (Å²) in [5.74, 6) is 1.32. The van der Waals surface area contributed by atoms with Gasteiger partial charge in [0.1, 0.15) is 0 Å². The van der Waals surface area contributed by atoms with Gasteiger partial charge in [0.25, 0.3) is 0 Å². The molecule has 1 aromatic rings. The second-order valence-electron chi connectivity index (χ2n) is 3.38. The number of hydrogen-bond donors (Lipinski definition) is 1. The molecule has 2 N–H and O–H groups in total.